The second-order valence-corrected chi connectivity index (χ2v) is 9.10. The molecule has 2 saturated heterocycles. The monoisotopic (exact) mass is 485 g/mol. The van der Waals surface area contributed by atoms with E-state index in [0.29, 0.717) is 69.8 Å². The van der Waals surface area contributed by atoms with Gasteiger partial charge in [-0.2, -0.15) is 4.98 Å². The first-order valence-electron chi connectivity index (χ1n) is 12.2. The molecule has 2 aromatic rings. The van der Waals surface area contributed by atoms with Gasteiger partial charge in [-0.15, -0.1) is 0 Å². The van der Waals surface area contributed by atoms with Crippen LogP contribution in [0.4, 0.5) is 16.7 Å². The van der Waals surface area contributed by atoms with Crippen LogP contribution in [0.1, 0.15) is 38.5 Å². The predicted molar refractivity (Wildman–Crippen MR) is 127 cm³/mol. The standard InChI is InChI=1S/C23H31N7O5/c24-21-25-14-17(20(31)28-21)18-13-19(27-22(26-18)29-9-11-33-12-10-29)34-16-5-7-30(8-6-16)23(32)35-15-3-1-2-4-15/h13-16H,1-12H2,(H3,24,25,28,31). The van der Waals surface area contributed by atoms with Crippen molar-refractivity contribution in [1.29, 1.82) is 0 Å². The summed E-state index contributed by atoms with van der Waals surface area (Å²) in [6.45, 7) is 3.55. The molecule has 188 valence electrons. The Hall–Kier alpha value is -3.41. The summed E-state index contributed by atoms with van der Waals surface area (Å²) in [5.74, 6) is 0.880. The molecule has 0 spiro atoms. The van der Waals surface area contributed by atoms with E-state index in [-0.39, 0.29) is 35.4 Å². The molecule has 1 amide bonds. The fourth-order valence-electron chi connectivity index (χ4n) is 4.66. The van der Waals surface area contributed by atoms with E-state index in [2.05, 4.69) is 19.9 Å². The third-order valence-corrected chi connectivity index (χ3v) is 6.64. The van der Waals surface area contributed by atoms with Gasteiger partial charge >= 0.3 is 6.09 Å². The van der Waals surface area contributed by atoms with E-state index in [9.17, 15) is 9.59 Å². The maximum Gasteiger partial charge on any atom is 0.410 e. The Labute approximate surface area is 202 Å². The Morgan fingerprint density at radius 2 is 1.80 bits per heavy atom. The molecule has 12 nitrogen and oxygen atoms in total. The van der Waals surface area contributed by atoms with Crippen LogP contribution in [-0.4, -0.2) is 82.5 Å². The van der Waals surface area contributed by atoms with Crippen molar-refractivity contribution >= 4 is 18.0 Å². The number of piperidine rings is 1. The molecule has 5 rings (SSSR count). The molecule has 12 heteroatoms. The topological polar surface area (TPSA) is 149 Å². The Morgan fingerprint density at radius 3 is 2.51 bits per heavy atom. The zero-order valence-electron chi connectivity index (χ0n) is 19.6. The van der Waals surface area contributed by atoms with Crippen molar-refractivity contribution in [2.75, 3.05) is 50.0 Å². The zero-order valence-corrected chi connectivity index (χ0v) is 19.6. The summed E-state index contributed by atoms with van der Waals surface area (Å²) in [4.78, 5) is 44.5. The van der Waals surface area contributed by atoms with Crippen LogP contribution in [-0.2, 0) is 9.47 Å². The number of rotatable bonds is 5. The molecule has 35 heavy (non-hydrogen) atoms. The molecule has 3 fully saturated rings. The van der Waals surface area contributed by atoms with Crippen molar-refractivity contribution < 1.29 is 19.0 Å². The van der Waals surface area contributed by atoms with E-state index in [1.54, 1.807) is 11.0 Å². The highest BCUT2D eigenvalue weighted by atomic mass is 16.6. The summed E-state index contributed by atoms with van der Waals surface area (Å²) >= 11 is 0. The molecule has 0 unspecified atom stereocenters. The van der Waals surface area contributed by atoms with Crippen molar-refractivity contribution in [3.63, 3.8) is 0 Å². The van der Waals surface area contributed by atoms with E-state index in [4.69, 9.17) is 19.9 Å². The van der Waals surface area contributed by atoms with E-state index >= 15 is 0 Å². The number of H-pyrrole nitrogens is 1. The van der Waals surface area contributed by atoms with Crippen LogP contribution in [0, 0.1) is 0 Å². The number of aromatic nitrogens is 4. The van der Waals surface area contributed by atoms with Gasteiger partial charge in [-0.25, -0.2) is 14.8 Å². The number of nitrogens with one attached hydrogen (secondary N) is 1. The van der Waals surface area contributed by atoms with E-state index in [1.165, 1.54) is 6.20 Å². The number of hydrogen-bond donors (Lipinski definition) is 2. The minimum atomic E-state index is -0.385. The summed E-state index contributed by atoms with van der Waals surface area (Å²) < 4.78 is 17.3. The second-order valence-electron chi connectivity index (χ2n) is 9.10. The third kappa shape index (κ3) is 5.64. The van der Waals surface area contributed by atoms with E-state index < -0.39 is 0 Å². The molecule has 3 aliphatic rings. The largest absolute Gasteiger partial charge is 0.474 e. The summed E-state index contributed by atoms with van der Waals surface area (Å²) in [5.41, 5.74) is 5.90. The minimum absolute atomic E-state index is 0.0379. The number of nitrogen functional groups attached to an aromatic ring is 1. The predicted octanol–water partition coefficient (Wildman–Crippen LogP) is 1.57. The van der Waals surface area contributed by atoms with Crippen LogP contribution in [0.2, 0.25) is 0 Å². The van der Waals surface area contributed by atoms with Gasteiger partial charge in [-0.1, -0.05) is 0 Å². The molecule has 2 aromatic heterocycles. The number of anilines is 2. The van der Waals surface area contributed by atoms with Crippen LogP contribution in [0.5, 0.6) is 5.88 Å². The molecule has 3 N–H and O–H groups in total. The van der Waals surface area contributed by atoms with Crippen molar-refractivity contribution in [3.05, 3.63) is 22.6 Å². The molecule has 0 bridgehead atoms. The lowest BCUT2D eigenvalue weighted by atomic mass is 10.1. The lowest BCUT2D eigenvalue weighted by molar-refractivity contribution is 0.0431. The summed E-state index contributed by atoms with van der Waals surface area (Å²) in [5, 5.41) is 0. The SMILES string of the molecule is Nc1ncc(-c2cc(OC3CCN(C(=O)OC4CCCC4)CC3)nc(N3CCOCC3)n2)c(=O)[nH]1. The Bertz CT molecular complexity index is 1090. The number of nitrogens with two attached hydrogens (primary N) is 1. The number of amides is 1. The minimum Gasteiger partial charge on any atom is -0.474 e. The molecule has 0 radical (unpaired) electrons. The van der Waals surface area contributed by atoms with Crippen molar-refractivity contribution in [2.45, 2.75) is 50.7 Å². The third-order valence-electron chi connectivity index (χ3n) is 6.64. The van der Waals surface area contributed by atoms with Crippen LogP contribution in [0.3, 0.4) is 0 Å². The van der Waals surface area contributed by atoms with Gasteiger partial charge in [0.05, 0.1) is 24.5 Å². The number of hydrogen-bond acceptors (Lipinski definition) is 10. The number of ether oxygens (including phenoxy) is 3. The molecule has 1 aliphatic carbocycles. The number of carbonyl (C=O) groups is 1. The second kappa shape index (κ2) is 10.5. The van der Waals surface area contributed by atoms with Gasteiger partial charge in [-0.3, -0.25) is 9.78 Å². The summed E-state index contributed by atoms with van der Waals surface area (Å²) in [7, 11) is 0. The molecular formula is C23H31N7O5. The van der Waals surface area contributed by atoms with Crippen molar-refractivity contribution in [1.82, 2.24) is 24.8 Å². The van der Waals surface area contributed by atoms with Gasteiger partial charge in [0, 0.05) is 51.3 Å². The highest BCUT2D eigenvalue weighted by Crippen LogP contribution is 2.26. The number of nitrogens with zero attached hydrogens (tertiary/aromatic N) is 5. The van der Waals surface area contributed by atoms with E-state index in [1.807, 2.05) is 4.90 Å². The smallest absolute Gasteiger partial charge is 0.410 e. The average Bonchev–Trinajstić information content (AvgIpc) is 3.38. The van der Waals surface area contributed by atoms with Crippen LogP contribution < -0.4 is 20.9 Å². The Balaban J connectivity index is 1.29. The quantitative estimate of drug-likeness (QED) is 0.639. The van der Waals surface area contributed by atoms with Crippen LogP contribution >= 0.6 is 0 Å². The first kappa shape index (κ1) is 23.3. The van der Waals surface area contributed by atoms with Gasteiger partial charge in [-0.05, 0) is 25.7 Å². The molecule has 4 heterocycles. The lowest BCUT2D eigenvalue weighted by Gasteiger charge is -2.32. The number of aromatic amines is 1. The molecular weight excluding hydrogens is 454 g/mol. The lowest BCUT2D eigenvalue weighted by Crippen LogP contribution is -2.43. The summed E-state index contributed by atoms with van der Waals surface area (Å²) in [6, 6.07) is 1.65. The Morgan fingerprint density at radius 1 is 1.06 bits per heavy atom. The molecule has 2 aliphatic heterocycles. The number of carbonyl (C=O) groups excluding carboxylic acids is 1. The molecule has 1 saturated carbocycles. The number of morpholine rings is 1. The average molecular weight is 486 g/mol. The van der Waals surface area contributed by atoms with Crippen molar-refractivity contribution in [2.24, 2.45) is 0 Å². The maximum absolute atomic E-state index is 12.5. The number of likely N-dealkylation sites (tertiary alicyclic amines) is 1. The highest BCUT2D eigenvalue weighted by molar-refractivity contribution is 5.68. The highest BCUT2D eigenvalue weighted by Gasteiger charge is 2.28. The first-order chi connectivity index (χ1) is 17.0. The first-order valence-corrected chi connectivity index (χ1v) is 12.2. The maximum atomic E-state index is 12.5. The summed E-state index contributed by atoms with van der Waals surface area (Å²) in [6.07, 6.45) is 6.60. The van der Waals surface area contributed by atoms with Crippen molar-refractivity contribution in [3.8, 4) is 17.1 Å². The van der Waals surface area contributed by atoms with E-state index in [0.717, 1.165) is 25.7 Å². The fourth-order valence-corrected chi connectivity index (χ4v) is 4.66. The molecule has 0 aromatic carbocycles. The molecule has 0 atom stereocenters. The zero-order chi connectivity index (χ0) is 24.2. The van der Waals surface area contributed by atoms with Gasteiger partial charge in [0.15, 0.2) is 5.95 Å². The van der Waals surface area contributed by atoms with Gasteiger partial charge in [0.25, 0.3) is 5.56 Å². The fraction of sp³-hybridized carbons (Fsp3) is 0.609. The van der Waals surface area contributed by atoms with Gasteiger partial charge < -0.3 is 29.7 Å². The van der Waals surface area contributed by atoms with Gasteiger partial charge in [0.2, 0.25) is 11.8 Å². The van der Waals surface area contributed by atoms with Crippen LogP contribution in [0.15, 0.2) is 17.1 Å². The Kier molecular flexibility index (Phi) is 6.98. The van der Waals surface area contributed by atoms with Crippen LogP contribution in [0.25, 0.3) is 11.3 Å². The van der Waals surface area contributed by atoms with Gasteiger partial charge in [0.1, 0.15) is 12.2 Å². The normalized spacial score (nSPS) is 19.7.